The summed E-state index contributed by atoms with van der Waals surface area (Å²) in [4.78, 5) is 10.6. The van der Waals surface area contributed by atoms with E-state index in [0.717, 1.165) is 67.2 Å². The summed E-state index contributed by atoms with van der Waals surface area (Å²) in [5, 5.41) is 4.89. The van der Waals surface area contributed by atoms with Crippen molar-refractivity contribution in [1.82, 2.24) is 19.1 Å². The van der Waals surface area contributed by atoms with Crippen LogP contribution in [0.15, 0.2) is 267 Å². The van der Waals surface area contributed by atoms with Crippen LogP contribution >= 0.6 is 0 Å². The third kappa shape index (κ3) is 7.08. The van der Waals surface area contributed by atoms with Crippen molar-refractivity contribution in [3.05, 3.63) is 267 Å². The van der Waals surface area contributed by atoms with E-state index in [2.05, 4.69) is 252 Å². The van der Waals surface area contributed by atoms with Gasteiger partial charge in [-0.25, -0.2) is 9.97 Å². The number of rotatable bonds is 8. The van der Waals surface area contributed by atoms with Gasteiger partial charge in [0.1, 0.15) is 0 Å². The van der Waals surface area contributed by atoms with Crippen molar-refractivity contribution in [2.75, 3.05) is 0 Å². The zero-order valence-electron chi connectivity index (χ0n) is 39.2. The van der Waals surface area contributed by atoms with Crippen molar-refractivity contribution in [3.63, 3.8) is 0 Å². The molecule has 3 heterocycles. The van der Waals surface area contributed by atoms with Gasteiger partial charge >= 0.3 is 0 Å². The Morgan fingerprint density at radius 1 is 0.208 bits per heavy atom. The Morgan fingerprint density at radius 3 is 0.778 bits per heavy atom. The van der Waals surface area contributed by atoms with E-state index in [1.165, 1.54) is 65.9 Å². The monoisotopic (exact) mass is 916 g/mol. The highest BCUT2D eigenvalue weighted by Crippen LogP contribution is 2.41. The molecule has 3 aromatic heterocycles. The lowest BCUT2D eigenvalue weighted by Gasteiger charge is -2.12. The van der Waals surface area contributed by atoms with Crippen molar-refractivity contribution in [2.24, 2.45) is 0 Å². The number of benzene rings is 11. The van der Waals surface area contributed by atoms with Gasteiger partial charge < -0.3 is 9.13 Å². The minimum absolute atomic E-state index is 0.854. The highest BCUT2D eigenvalue weighted by Gasteiger charge is 2.19. The molecule has 4 heteroatoms. The highest BCUT2D eigenvalue weighted by molar-refractivity contribution is 6.13. The topological polar surface area (TPSA) is 35.6 Å². The van der Waals surface area contributed by atoms with Crippen LogP contribution in [0.25, 0.3) is 133 Å². The zero-order chi connectivity index (χ0) is 47.5. The van der Waals surface area contributed by atoms with E-state index >= 15 is 0 Å². The van der Waals surface area contributed by atoms with E-state index in [-0.39, 0.29) is 0 Å². The molecule has 72 heavy (non-hydrogen) atoms. The fraction of sp³-hybridized carbons (Fsp3) is 0. The Kier molecular flexibility index (Phi) is 9.82. The molecule has 0 radical (unpaired) electrons. The van der Waals surface area contributed by atoms with Gasteiger partial charge in [0, 0.05) is 44.0 Å². The molecule has 14 rings (SSSR count). The Morgan fingerprint density at radius 2 is 0.458 bits per heavy atom. The van der Waals surface area contributed by atoms with Crippen LogP contribution in [-0.2, 0) is 0 Å². The first-order chi connectivity index (χ1) is 35.7. The number of hydrogen-bond acceptors (Lipinski definition) is 2. The second-order valence-corrected chi connectivity index (χ2v) is 18.6. The maximum Gasteiger partial charge on any atom is 0.0973 e. The summed E-state index contributed by atoms with van der Waals surface area (Å²) in [5.74, 6) is 0. The van der Waals surface area contributed by atoms with Gasteiger partial charge in [-0.2, -0.15) is 0 Å². The fourth-order valence-electron chi connectivity index (χ4n) is 10.8. The third-order valence-electron chi connectivity index (χ3n) is 14.3. The zero-order valence-corrected chi connectivity index (χ0v) is 39.2. The van der Waals surface area contributed by atoms with Crippen LogP contribution in [0.5, 0.6) is 0 Å². The number of para-hydroxylation sites is 4. The quantitative estimate of drug-likeness (QED) is 0.152. The Hall–Kier alpha value is -9.64. The molecule has 11 aromatic carbocycles. The molecule has 0 fully saturated rings. The molecule has 0 unspecified atom stereocenters. The molecule has 0 amide bonds. The molecule has 14 aromatic rings. The predicted molar refractivity (Wildman–Crippen MR) is 301 cm³/mol. The second kappa shape index (κ2) is 17.1. The van der Waals surface area contributed by atoms with Gasteiger partial charge in [-0.05, 0) is 129 Å². The molecule has 0 aliphatic rings. The molecule has 0 bridgehead atoms. The van der Waals surface area contributed by atoms with Crippen molar-refractivity contribution in [1.29, 1.82) is 0 Å². The van der Waals surface area contributed by atoms with E-state index in [4.69, 9.17) is 9.97 Å². The summed E-state index contributed by atoms with van der Waals surface area (Å²) in [7, 11) is 0. The lowest BCUT2D eigenvalue weighted by molar-refractivity contribution is 1.18. The standard InChI is InChI=1S/C68H44N4/c1-5-15-45(16-6-1)51-33-37-63-57(41-51)59-43-53(35-39-65(59)71(63)55-19-9-3-10-20-55)47-25-29-49(30-26-47)67-68(70-62-24-14-13-23-61(62)69-67)50-31-27-48(28-32-50)54-36-40-66-60(44-54)58-42-52(46-17-7-2-8-18-46)34-38-64(58)72(66)56-21-11-4-12-22-56/h1-44H. The summed E-state index contributed by atoms with van der Waals surface area (Å²) < 4.78 is 4.76. The average molecular weight is 917 g/mol. The van der Waals surface area contributed by atoms with Crippen LogP contribution in [0.4, 0.5) is 0 Å². The molecule has 0 spiro atoms. The van der Waals surface area contributed by atoms with Gasteiger partial charge in [-0.3, -0.25) is 0 Å². The number of nitrogens with zero attached hydrogens (tertiary/aromatic N) is 4. The largest absolute Gasteiger partial charge is 0.309 e. The summed E-state index contributed by atoms with van der Waals surface area (Å²) in [6.07, 6.45) is 0. The fourth-order valence-corrected chi connectivity index (χ4v) is 10.8. The summed E-state index contributed by atoms with van der Waals surface area (Å²) >= 11 is 0. The van der Waals surface area contributed by atoms with Crippen molar-refractivity contribution < 1.29 is 0 Å². The van der Waals surface area contributed by atoms with Crippen molar-refractivity contribution in [3.8, 4) is 78.4 Å². The molecule has 4 nitrogen and oxygen atoms in total. The van der Waals surface area contributed by atoms with Gasteiger partial charge in [0.05, 0.1) is 44.5 Å². The van der Waals surface area contributed by atoms with Crippen molar-refractivity contribution in [2.45, 2.75) is 0 Å². The van der Waals surface area contributed by atoms with Crippen LogP contribution in [0, 0.1) is 0 Å². The van der Waals surface area contributed by atoms with E-state index in [1.54, 1.807) is 0 Å². The maximum atomic E-state index is 5.30. The van der Waals surface area contributed by atoms with Gasteiger partial charge in [-0.15, -0.1) is 0 Å². The first-order valence-corrected chi connectivity index (χ1v) is 24.6. The molecule has 0 atom stereocenters. The maximum absolute atomic E-state index is 5.30. The lowest BCUT2D eigenvalue weighted by Crippen LogP contribution is -1.95. The van der Waals surface area contributed by atoms with Gasteiger partial charge in [-0.1, -0.05) is 182 Å². The number of fused-ring (bicyclic) bond motifs is 7. The van der Waals surface area contributed by atoms with Gasteiger partial charge in [0.25, 0.3) is 0 Å². The summed E-state index contributed by atoms with van der Waals surface area (Å²) in [6.45, 7) is 0. The molecule has 0 aliphatic carbocycles. The van der Waals surface area contributed by atoms with Gasteiger partial charge in [0.2, 0.25) is 0 Å². The predicted octanol–water partition coefficient (Wildman–Crippen LogP) is 17.8. The first-order valence-electron chi connectivity index (χ1n) is 24.6. The lowest BCUT2D eigenvalue weighted by atomic mass is 9.97. The molecule has 0 saturated carbocycles. The summed E-state index contributed by atoms with van der Waals surface area (Å²) in [6, 6.07) is 95.9. The smallest absolute Gasteiger partial charge is 0.0973 e. The van der Waals surface area contributed by atoms with Crippen LogP contribution < -0.4 is 0 Å². The second-order valence-electron chi connectivity index (χ2n) is 18.6. The van der Waals surface area contributed by atoms with Crippen LogP contribution in [0.2, 0.25) is 0 Å². The Bertz CT molecular complexity index is 4050. The van der Waals surface area contributed by atoms with Gasteiger partial charge in [0.15, 0.2) is 0 Å². The van der Waals surface area contributed by atoms with E-state index in [9.17, 15) is 0 Å². The highest BCUT2D eigenvalue weighted by atomic mass is 15.0. The third-order valence-corrected chi connectivity index (χ3v) is 14.3. The summed E-state index contributed by atoms with van der Waals surface area (Å²) in [5.41, 5.74) is 21.9. The molecule has 0 aliphatic heterocycles. The Labute approximate surface area is 417 Å². The molecule has 0 saturated heterocycles. The molecule has 336 valence electrons. The molecular weight excluding hydrogens is 873 g/mol. The number of hydrogen-bond donors (Lipinski definition) is 0. The van der Waals surface area contributed by atoms with E-state index < -0.39 is 0 Å². The minimum Gasteiger partial charge on any atom is -0.309 e. The number of aromatic nitrogens is 4. The van der Waals surface area contributed by atoms with E-state index in [1.807, 2.05) is 24.3 Å². The molecule has 0 N–H and O–H groups in total. The SMILES string of the molecule is c1ccc(-c2ccc3c(c2)c2cc(-c4ccc(-c5nc6ccccc6nc5-c5ccc(-c6ccc7c(c6)c6cc(-c8ccccc8)ccc6n7-c6ccccc6)cc5)cc4)ccc2n3-c2ccccc2)cc1. The molecular formula is C68H44N4. The normalized spacial score (nSPS) is 11.6. The Balaban J connectivity index is 0.836. The van der Waals surface area contributed by atoms with E-state index in [0.29, 0.717) is 0 Å². The van der Waals surface area contributed by atoms with Crippen LogP contribution in [-0.4, -0.2) is 19.1 Å². The van der Waals surface area contributed by atoms with Crippen molar-refractivity contribution >= 4 is 54.6 Å². The first kappa shape index (κ1) is 41.3. The van der Waals surface area contributed by atoms with Crippen LogP contribution in [0.3, 0.4) is 0 Å². The minimum atomic E-state index is 0.854. The van der Waals surface area contributed by atoms with Crippen LogP contribution in [0.1, 0.15) is 0 Å². The average Bonchev–Trinajstić information content (AvgIpc) is 3.97.